The van der Waals surface area contributed by atoms with E-state index in [0.29, 0.717) is 24.3 Å². The molecule has 4 heteroatoms. The number of benzene rings is 1. The number of hydrogen-bond donors (Lipinski definition) is 1. The van der Waals surface area contributed by atoms with Crippen LogP contribution in [0.5, 0.6) is 5.75 Å². The maximum absolute atomic E-state index is 11.9. The molecule has 0 saturated heterocycles. The first-order valence-electron chi connectivity index (χ1n) is 6.53. The predicted octanol–water partition coefficient (Wildman–Crippen LogP) is 2.49. The van der Waals surface area contributed by atoms with Crippen LogP contribution in [0.1, 0.15) is 32.8 Å². The molecule has 1 aromatic rings. The van der Waals surface area contributed by atoms with Gasteiger partial charge in [-0.15, -0.1) is 0 Å². The summed E-state index contributed by atoms with van der Waals surface area (Å²) in [5, 5.41) is 10.8. The highest BCUT2D eigenvalue weighted by atomic mass is 16.5. The summed E-state index contributed by atoms with van der Waals surface area (Å²) >= 11 is 0. The Kier molecular flexibility index (Phi) is 5.36. The molecule has 0 aliphatic rings. The maximum atomic E-state index is 11.9. The summed E-state index contributed by atoms with van der Waals surface area (Å²) in [4.78, 5) is 11.9. The van der Waals surface area contributed by atoms with Gasteiger partial charge in [0.25, 0.3) is 0 Å². The lowest BCUT2D eigenvalue weighted by atomic mass is 9.80. The van der Waals surface area contributed by atoms with Crippen molar-refractivity contribution in [3.05, 3.63) is 29.8 Å². The van der Waals surface area contributed by atoms with Gasteiger partial charge in [0.05, 0.1) is 19.6 Å². The standard InChI is InChI=1S/C15H22O4/c1-5-15(17,11(3)14(16)19-6-2)12-8-7-9-13(10-12)18-4/h7-11,17H,5-6H2,1-4H3/t11-,15+/m1/s1. The number of ether oxygens (including phenoxy) is 2. The first kappa shape index (κ1) is 15.5. The van der Waals surface area contributed by atoms with Crippen molar-refractivity contribution in [2.24, 2.45) is 5.92 Å². The zero-order chi connectivity index (χ0) is 14.5. The van der Waals surface area contributed by atoms with Gasteiger partial charge in [-0.3, -0.25) is 4.79 Å². The minimum Gasteiger partial charge on any atom is -0.497 e. The highest BCUT2D eigenvalue weighted by Crippen LogP contribution is 2.35. The molecule has 0 aliphatic heterocycles. The van der Waals surface area contributed by atoms with Crippen LogP contribution in [-0.4, -0.2) is 24.8 Å². The van der Waals surface area contributed by atoms with E-state index in [1.165, 1.54) is 0 Å². The monoisotopic (exact) mass is 266 g/mol. The van der Waals surface area contributed by atoms with E-state index in [9.17, 15) is 9.90 Å². The van der Waals surface area contributed by atoms with Crippen LogP contribution in [0, 0.1) is 5.92 Å². The van der Waals surface area contributed by atoms with Gasteiger partial charge in [-0.25, -0.2) is 0 Å². The summed E-state index contributed by atoms with van der Waals surface area (Å²) in [6, 6.07) is 7.14. The minimum absolute atomic E-state index is 0.307. The average Bonchev–Trinajstić information content (AvgIpc) is 2.45. The molecule has 0 radical (unpaired) electrons. The van der Waals surface area contributed by atoms with Crippen LogP contribution in [0.2, 0.25) is 0 Å². The Morgan fingerprint density at radius 2 is 2.11 bits per heavy atom. The zero-order valence-corrected chi connectivity index (χ0v) is 12.0. The summed E-state index contributed by atoms with van der Waals surface area (Å²) in [5.74, 6) is -0.375. The van der Waals surface area contributed by atoms with E-state index in [1.54, 1.807) is 45.2 Å². The van der Waals surface area contributed by atoms with E-state index in [1.807, 2.05) is 6.92 Å². The third-order valence-corrected chi connectivity index (χ3v) is 3.47. The van der Waals surface area contributed by atoms with Crippen molar-refractivity contribution < 1.29 is 19.4 Å². The fourth-order valence-electron chi connectivity index (χ4n) is 2.11. The van der Waals surface area contributed by atoms with E-state index in [2.05, 4.69) is 0 Å². The van der Waals surface area contributed by atoms with E-state index in [-0.39, 0.29) is 0 Å². The van der Waals surface area contributed by atoms with Crippen molar-refractivity contribution >= 4 is 5.97 Å². The number of aliphatic hydroxyl groups is 1. The fraction of sp³-hybridized carbons (Fsp3) is 0.533. The number of carbonyl (C=O) groups is 1. The average molecular weight is 266 g/mol. The van der Waals surface area contributed by atoms with Crippen LogP contribution in [0.4, 0.5) is 0 Å². The molecule has 1 N–H and O–H groups in total. The smallest absolute Gasteiger partial charge is 0.311 e. The fourth-order valence-corrected chi connectivity index (χ4v) is 2.11. The minimum atomic E-state index is -1.25. The normalized spacial score (nSPS) is 15.4. The van der Waals surface area contributed by atoms with Gasteiger partial charge in [-0.05, 0) is 38.0 Å². The highest BCUT2D eigenvalue weighted by Gasteiger charge is 2.39. The third-order valence-electron chi connectivity index (χ3n) is 3.47. The molecule has 0 fully saturated rings. The molecule has 0 unspecified atom stereocenters. The summed E-state index contributed by atoms with van der Waals surface area (Å²) in [5.41, 5.74) is -0.587. The molecule has 1 aromatic carbocycles. The topological polar surface area (TPSA) is 55.8 Å². The Labute approximate surface area is 114 Å². The Morgan fingerprint density at radius 3 is 2.63 bits per heavy atom. The molecular formula is C15H22O4. The van der Waals surface area contributed by atoms with Crippen LogP contribution in [-0.2, 0) is 15.1 Å². The van der Waals surface area contributed by atoms with Crippen LogP contribution < -0.4 is 4.74 Å². The highest BCUT2D eigenvalue weighted by molar-refractivity contribution is 5.74. The lowest BCUT2D eigenvalue weighted by Crippen LogP contribution is -2.38. The summed E-state index contributed by atoms with van der Waals surface area (Å²) < 4.78 is 10.2. The van der Waals surface area contributed by atoms with Crippen LogP contribution in [0.15, 0.2) is 24.3 Å². The number of rotatable bonds is 6. The SMILES string of the molecule is CCOC(=O)[C@@H](C)[C@@](O)(CC)c1cccc(OC)c1. The van der Waals surface area contributed by atoms with Gasteiger partial charge in [0.15, 0.2) is 0 Å². The number of esters is 1. The first-order chi connectivity index (χ1) is 8.99. The lowest BCUT2D eigenvalue weighted by Gasteiger charge is -2.32. The summed E-state index contributed by atoms with van der Waals surface area (Å²) in [7, 11) is 1.57. The number of methoxy groups -OCH3 is 1. The van der Waals surface area contributed by atoms with Gasteiger partial charge in [-0.1, -0.05) is 19.1 Å². The molecule has 1 rings (SSSR count). The van der Waals surface area contributed by atoms with E-state index in [0.717, 1.165) is 0 Å². The van der Waals surface area contributed by atoms with E-state index in [4.69, 9.17) is 9.47 Å². The van der Waals surface area contributed by atoms with Gasteiger partial charge in [0.2, 0.25) is 0 Å². The Hall–Kier alpha value is -1.55. The summed E-state index contributed by atoms with van der Waals surface area (Å²) in [6.45, 7) is 5.58. The van der Waals surface area contributed by atoms with Crippen LogP contribution in [0.3, 0.4) is 0 Å². The van der Waals surface area contributed by atoms with Gasteiger partial charge in [0, 0.05) is 0 Å². The van der Waals surface area contributed by atoms with Crippen molar-refractivity contribution in [3.63, 3.8) is 0 Å². The zero-order valence-electron chi connectivity index (χ0n) is 12.0. The van der Waals surface area contributed by atoms with Crippen LogP contribution >= 0.6 is 0 Å². The molecule has 0 bridgehead atoms. The third kappa shape index (κ3) is 3.26. The molecule has 0 heterocycles. The van der Waals surface area contributed by atoms with Crippen LogP contribution in [0.25, 0.3) is 0 Å². The molecule has 19 heavy (non-hydrogen) atoms. The number of hydrogen-bond acceptors (Lipinski definition) is 4. The van der Waals surface area contributed by atoms with Gasteiger partial charge in [-0.2, -0.15) is 0 Å². The molecule has 4 nitrogen and oxygen atoms in total. The molecule has 106 valence electrons. The van der Waals surface area contributed by atoms with Crippen molar-refractivity contribution in [1.29, 1.82) is 0 Å². The lowest BCUT2D eigenvalue weighted by molar-refractivity contribution is -0.158. The van der Waals surface area contributed by atoms with Crippen molar-refractivity contribution in [2.45, 2.75) is 32.8 Å². The van der Waals surface area contributed by atoms with Crippen molar-refractivity contribution in [2.75, 3.05) is 13.7 Å². The van der Waals surface area contributed by atoms with Gasteiger partial charge in [0.1, 0.15) is 11.4 Å². The molecule has 0 aliphatic carbocycles. The van der Waals surface area contributed by atoms with Crippen molar-refractivity contribution in [1.82, 2.24) is 0 Å². The Balaban J connectivity index is 3.10. The second-order valence-corrected chi connectivity index (χ2v) is 4.48. The predicted molar refractivity (Wildman–Crippen MR) is 73.0 cm³/mol. The first-order valence-corrected chi connectivity index (χ1v) is 6.53. The molecule has 0 amide bonds. The Morgan fingerprint density at radius 1 is 1.42 bits per heavy atom. The van der Waals surface area contributed by atoms with Crippen molar-refractivity contribution in [3.8, 4) is 5.75 Å². The molecule has 0 saturated carbocycles. The largest absolute Gasteiger partial charge is 0.497 e. The molecule has 0 aromatic heterocycles. The van der Waals surface area contributed by atoms with Gasteiger partial charge >= 0.3 is 5.97 Å². The maximum Gasteiger partial charge on any atom is 0.311 e. The quantitative estimate of drug-likeness (QED) is 0.804. The Bertz CT molecular complexity index is 430. The second-order valence-electron chi connectivity index (χ2n) is 4.48. The number of carbonyl (C=O) groups excluding carboxylic acids is 1. The molecule has 0 spiro atoms. The molecular weight excluding hydrogens is 244 g/mol. The van der Waals surface area contributed by atoms with E-state index < -0.39 is 17.5 Å². The molecule has 2 atom stereocenters. The van der Waals surface area contributed by atoms with E-state index >= 15 is 0 Å². The van der Waals surface area contributed by atoms with Gasteiger partial charge < -0.3 is 14.6 Å². The summed E-state index contributed by atoms with van der Waals surface area (Å²) in [6.07, 6.45) is 0.417. The second kappa shape index (κ2) is 6.57.